The van der Waals surface area contributed by atoms with Gasteiger partial charge in [-0.15, -0.1) is 0 Å². The molecular formula is C23H20F3NO3. The fraction of sp³-hybridized carbons (Fsp3) is 0.174. The highest BCUT2D eigenvalue weighted by Gasteiger charge is 2.34. The number of carbonyl (C=O) groups is 1. The molecule has 0 fully saturated rings. The summed E-state index contributed by atoms with van der Waals surface area (Å²) in [5.74, 6) is -0.0434. The minimum Gasteiger partial charge on any atom is -0.489 e. The number of amides is 1. The van der Waals surface area contributed by atoms with Crippen molar-refractivity contribution in [2.45, 2.75) is 18.9 Å². The lowest BCUT2D eigenvalue weighted by atomic mass is 10.0. The molecular weight excluding hydrogens is 395 g/mol. The number of carbonyl (C=O) groups excluding carboxylic acids is 1. The van der Waals surface area contributed by atoms with Crippen LogP contribution in [0.1, 0.15) is 33.2 Å². The monoisotopic (exact) mass is 415 g/mol. The maximum atomic E-state index is 13.1. The molecule has 0 bridgehead atoms. The van der Waals surface area contributed by atoms with Crippen LogP contribution in [0.5, 0.6) is 5.75 Å². The van der Waals surface area contributed by atoms with Gasteiger partial charge in [0.2, 0.25) is 0 Å². The van der Waals surface area contributed by atoms with E-state index >= 15 is 0 Å². The Balaban J connectivity index is 1.61. The number of rotatable bonds is 7. The zero-order valence-electron chi connectivity index (χ0n) is 15.9. The van der Waals surface area contributed by atoms with Gasteiger partial charge in [-0.25, -0.2) is 0 Å². The minimum atomic E-state index is -4.59. The number of aliphatic hydroxyl groups excluding tert-OH is 1. The summed E-state index contributed by atoms with van der Waals surface area (Å²) >= 11 is 0. The van der Waals surface area contributed by atoms with Gasteiger partial charge in [-0.3, -0.25) is 4.79 Å². The lowest BCUT2D eigenvalue weighted by Crippen LogP contribution is -2.29. The van der Waals surface area contributed by atoms with E-state index < -0.39 is 23.8 Å². The van der Waals surface area contributed by atoms with E-state index in [-0.39, 0.29) is 17.7 Å². The Bertz CT molecular complexity index is 990. The molecule has 1 unspecified atom stereocenters. The molecule has 0 spiro atoms. The van der Waals surface area contributed by atoms with E-state index in [0.717, 1.165) is 11.6 Å². The van der Waals surface area contributed by atoms with Crippen LogP contribution in [0.25, 0.3) is 0 Å². The van der Waals surface area contributed by atoms with E-state index in [1.807, 2.05) is 30.3 Å². The van der Waals surface area contributed by atoms with Gasteiger partial charge in [0.1, 0.15) is 12.4 Å². The van der Waals surface area contributed by atoms with Gasteiger partial charge in [0.15, 0.2) is 0 Å². The summed E-state index contributed by atoms with van der Waals surface area (Å²) in [6.07, 6.45) is -6.09. The Labute approximate surface area is 171 Å². The average Bonchev–Trinajstić information content (AvgIpc) is 2.76. The highest BCUT2D eigenvalue weighted by atomic mass is 19.4. The van der Waals surface area contributed by atoms with Crippen LogP contribution in [0, 0.1) is 0 Å². The first kappa shape index (κ1) is 21.4. The lowest BCUT2D eigenvalue weighted by molar-refractivity contribution is -0.139. The highest BCUT2D eigenvalue weighted by Crippen LogP contribution is 2.34. The number of ether oxygens (including phenoxy) is 1. The Morgan fingerprint density at radius 1 is 0.967 bits per heavy atom. The number of hydrogen-bond donors (Lipinski definition) is 2. The summed E-state index contributed by atoms with van der Waals surface area (Å²) in [6.45, 7) is -0.0279. The predicted molar refractivity (Wildman–Crippen MR) is 106 cm³/mol. The largest absolute Gasteiger partial charge is 0.489 e. The molecule has 0 aliphatic carbocycles. The van der Waals surface area contributed by atoms with Crippen LogP contribution in [0.2, 0.25) is 0 Å². The lowest BCUT2D eigenvalue weighted by Gasteiger charge is -2.18. The van der Waals surface area contributed by atoms with Crippen molar-refractivity contribution in [3.8, 4) is 5.75 Å². The number of aliphatic hydroxyl groups is 1. The van der Waals surface area contributed by atoms with Crippen LogP contribution in [0.15, 0.2) is 78.9 Å². The number of nitrogens with one attached hydrogen (secondary N) is 1. The molecule has 0 aromatic heterocycles. The molecule has 1 amide bonds. The maximum absolute atomic E-state index is 13.1. The first-order valence-corrected chi connectivity index (χ1v) is 9.24. The van der Waals surface area contributed by atoms with Gasteiger partial charge in [-0.05, 0) is 35.4 Å². The maximum Gasteiger partial charge on any atom is 0.416 e. The van der Waals surface area contributed by atoms with Crippen LogP contribution < -0.4 is 10.1 Å². The van der Waals surface area contributed by atoms with E-state index in [0.29, 0.717) is 12.4 Å². The van der Waals surface area contributed by atoms with Crippen molar-refractivity contribution in [1.29, 1.82) is 0 Å². The minimum absolute atomic E-state index is 0.275. The summed E-state index contributed by atoms with van der Waals surface area (Å²) in [4.78, 5) is 12.4. The van der Waals surface area contributed by atoms with E-state index in [2.05, 4.69) is 5.32 Å². The van der Waals surface area contributed by atoms with Gasteiger partial charge in [0.05, 0.1) is 11.7 Å². The molecule has 0 aliphatic rings. The number of alkyl halides is 3. The summed E-state index contributed by atoms with van der Waals surface area (Å²) in [6, 6.07) is 20.7. The first-order chi connectivity index (χ1) is 14.3. The van der Waals surface area contributed by atoms with Gasteiger partial charge in [-0.2, -0.15) is 13.2 Å². The molecule has 7 heteroatoms. The molecule has 156 valence electrons. The number of hydrogen-bond acceptors (Lipinski definition) is 3. The fourth-order valence-electron chi connectivity index (χ4n) is 2.92. The second-order valence-electron chi connectivity index (χ2n) is 6.61. The van der Waals surface area contributed by atoms with Crippen molar-refractivity contribution in [3.05, 3.63) is 101 Å². The Morgan fingerprint density at radius 2 is 1.67 bits per heavy atom. The second kappa shape index (κ2) is 9.45. The van der Waals surface area contributed by atoms with Crippen molar-refractivity contribution in [1.82, 2.24) is 5.32 Å². The van der Waals surface area contributed by atoms with Crippen molar-refractivity contribution in [3.63, 3.8) is 0 Å². The summed E-state index contributed by atoms with van der Waals surface area (Å²) in [7, 11) is 0. The van der Waals surface area contributed by atoms with Gasteiger partial charge in [0.25, 0.3) is 5.91 Å². The topological polar surface area (TPSA) is 58.6 Å². The Hall–Kier alpha value is -3.32. The third-order valence-electron chi connectivity index (χ3n) is 4.43. The van der Waals surface area contributed by atoms with E-state index in [1.54, 1.807) is 18.2 Å². The Kier molecular flexibility index (Phi) is 6.74. The zero-order valence-corrected chi connectivity index (χ0v) is 15.9. The molecule has 30 heavy (non-hydrogen) atoms. The molecule has 3 aromatic rings. The molecule has 0 heterocycles. The standard InChI is InChI=1S/C23H20F3NO3/c24-23(25,26)20-12-5-4-11-19(20)21(28)14-27-22(29)17-9-6-10-18(13-17)30-15-16-7-2-1-3-8-16/h1-13,21,28H,14-15H2,(H,27,29). The van der Waals surface area contributed by atoms with Gasteiger partial charge >= 0.3 is 6.18 Å². The molecule has 0 radical (unpaired) electrons. The van der Waals surface area contributed by atoms with Crippen molar-refractivity contribution >= 4 is 5.91 Å². The third-order valence-corrected chi connectivity index (χ3v) is 4.43. The Morgan fingerprint density at radius 3 is 2.40 bits per heavy atom. The molecule has 0 aliphatic heterocycles. The number of benzene rings is 3. The van der Waals surface area contributed by atoms with Crippen molar-refractivity contribution in [2.24, 2.45) is 0 Å². The predicted octanol–water partition coefficient (Wildman–Crippen LogP) is 4.75. The van der Waals surface area contributed by atoms with Crippen LogP contribution in [0.3, 0.4) is 0 Å². The molecule has 3 rings (SSSR count). The smallest absolute Gasteiger partial charge is 0.416 e. The van der Waals surface area contributed by atoms with E-state index in [4.69, 9.17) is 4.74 Å². The SMILES string of the molecule is O=C(NCC(O)c1ccccc1C(F)(F)F)c1cccc(OCc2ccccc2)c1. The van der Waals surface area contributed by atoms with Crippen LogP contribution in [-0.4, -0.2) is 17.6 Å². The molecule has 1 atom stereocenters. The quantitative estimate of drug-likeness (QED) is 0.586. The van der Waals surface area contributed by atoms with Crippen molar-refractivity contribution in [2.75, 3.05) is 6.54 Å². The molecule has 4 nitrogen and oxygen atoms in total. The molecule has 2 N–H and O–H groups in total. The van der Waals surface area contributed by atoms with E-state index in [1.165, 1.54) is 24.3 Å². The summed E-state index contributed by atoms with van der Waals surface area (Å²) < 4.78 is 45.0. The van der Waals surface area contributed by atoms with Crippen molar-refractivity contribution < 1.29 is 27.8 Å². The van der Waals surface area contributed by atoms with E-state index in [9.17, 15) is 23.1 Å². The van der Waals surface area contributed by atoms with Gasteiger partial charge < -0.3 is 15.2 Å². The zero-order chi connectivity index (χ0) is 21.6. The fourth-order valence-corrected chi connectivity index (χ4v) is 2.92. The van der Waals surface area contributed by atoms with Crippen LogP contribution >= 0.6 is 0 Å². The molecule has 0 saturated heterocycles. The van der Waals surface area contributed by atoms with Gasteiger partial charge in [-0.1, -0.05) is 54.6 Å². The molecule has 0 saturated carbocycles. The third kappa shape index (κ3) is 5.61. The summed E-state index contributed by atoms with van der Waals surface area (Å²) in [5, 5.41) is 12.7. The number of halogens is 3. The molecule has 3 aromatic carbocycles. The van der Waals surface area contributed by atoms with Crippen LogP contribution in [-0.2, 0) is 12.8 Å². The normalized spacial score (nSPS) is 12.3. The first-order valence-electron chi connectivity index (χ1n) is 9.24. The second-order valence-corrected chi connectivity index (χ2v) is 6.61. The highest BCUT2D eigenvalue weighted by molar-refractivity contribution is 5.94. The van der Waals surface area contributed by atoms with Gasteiger partial charge in [0, 0.05) is 12.1 Å². The average molecular weight is 415 g/mol. The van der Waals surface area contributed by atoms with Crippen LogP contribution in [0.4, 0.5) is 13.2 Å². The summed E-state index contributed by atoms with van der Waals surface area (Å²) in [5.41, 5.74) is 0.0315.